The molecule has 9 heteroatoms. The van der Waals surface area contributed by atoms with Crippen LogP contribution in [0.15, 0.2) is 29.7 Å². The van der Waals surface area contributed by atoms with Crippen molar-refractivity contribution < 1.29 is 27.9 Å². The smallest absolute Gasteiger partial charge is 0.328 e. The fraction of sp³-hybridized carbons (Fsp3) is 0.500. The van der Waals surface area contributed by atoms with Gasteiger partial charge < -0.3 is 15.2 Å². The highest BCUT2D eigenvalue weighted by molar-refractivity contribution is 7.93. The number of unbranched alkanes of at least 4 members (excludes halogenated alkanes) is 4. The van der Waals surface area contributed by atoms with Gasteiger partial charge in [0.25, 0.3) is 10.0 Å². The van der Waals surface area contributed by atoms with Gasteiger partial charge in [0, 0.05) is 13.0 Å². The first-order valence-corrected chi connectivity index (χ1v) is 11.2. The van der Waals surface area contributed by atoms with Gasteiger partial charge in [-0.2, -0.15) is 0 Å². The minimum absolute atomic E-state index is 0.0522. The third-order valence-electron chi connectivity index (χ3n) is 3.78. The summed E-state index contributed by atoms with van der Waals surface area (Å²) in [5.74, 6) is -0.102. The number of rotatable bonds is 13. The zero-order chi connectivity index (χ0) is 21.7. The van der Waals surface area contributed by atoms with E-state index in [1.54, 1.807) is 24.3 Å². The Balaban J connectivity index is 2.30. The first-order valence-electron chi connectivity index (χ1n) is 9.65. The molecule has 1 rings (SSSR count). The molecule has 0 heterocycles. The molecule has 0 atom stereocenters. The van der Waals surface area contributed by atoms with Crippen LogP contribution in [-0.2, 0) is 14.8 Å². The third kappa shape index (κ3) is 12.5. The van der Waals surface area contributed by atoms with E-state index in [-0.39, 0.29) is 12.5 Å². The molecule has 8 nitrogen and oxygen atoms in total. The van der Waals surface area contributed by atoms with E-state index in [9.17, 15) is 18.0 Å². The monoisotopic (exact) mass is 426 g/mol. The number of hydrogen-bond acceptors (Lipinski definition) is 5. The van der Waals surface area contributed by atoms with E-state index < -0.39 is 22.0 Å². The average Bonchev–Trinajstić information content (AvgIpc) is 2.62. The predicted octanol–water partition coefficient (Wildman–Crippen LogP) is 3.50. The van der Waals surface area contributed by atoms with Crippen molar-refractivity contribution >= 4 is 28.1 Å². The number of sulfonamides is 1. The van der Waals surface area contributed by atoms with Crippen molar-refractivity contribution in [3.63, 3.8) is 0 Å². The van der Waals surface area contributed by atoms with Crippen molar-refractivity contribution in [1.82, 2.24) is 10.0 Å². The zero-order valence-corrected chi connectivity index (χ0v) is 17.7. The Kier molecular flexibility index (Phi) is 10.8. The molecule has 0 saturated carbocycles. The number of aliphatic carboxylic acids is 1. The Bertz CT molecular complexity index is 773. The van der Waals surface area contributed by atoms with Crippen molar-refractivity contribution in [3.05, 3.63) is 35.2 Å². The summed E-state index contributed by atoms with van der Waals surface area (Å²) in [5.41, 5.74) is 0.662. The van der Waals surface area contributed by atoms with Crippen LogP contribution in [-0.4, -0.2) is 38.2 Å². The van der Waals surface area contributed by atoms with Gasteiger partial charge in [-0.3, -0.25) is 4.79 Å². The molecule has 2 amide bonds. The predicted molar refractivity (Wildman–Crippen MR) is 112 cm³/mol. The number of ether oxygens (including phenoxy) is 1. The second kappa shape index (κ2) is 12.8. The van der Waals surface area contributed by atoms with Gasteiger partial charge in [-0.05, 0) is 50.5 Å². The van der Waals surface area contributed by atoms with E-state index in [4.69, 9.17) is 9.84 Å². The quantitative estimate of drug-likeness (QED) is 0.415. The molecule has 0 aliphatic carbocycles. The number of nitrogens with one attached hydrogen (secondary N) is 2. The normalized spacial score (nSPS) is 11.6. The molecule has 3 N–H and O–H groups in total. The molecule has 1 aromatic carbocycles. The lowest BCUT2D eigenvalue weighted by molar-refractivity contribution is -0.137. The van der Waals surface area contributed by atoms with Crippen LogP contribution < -0.4 is 14.8 Å². The standard InChI is InChI=1S/C20H30N2O6S/c1-16(2)28-18-11-9-17(10-12-18)13-15-29(26,27)22-20(25)21-14-7-5-3-4-6-8-19(23)24/h9-13,15-16H,3-8,14H2,1-2H3,(H,23,24)(H2,21,22,25)/b15-13+. The summed E-state index contributed by atoms with van der Waals surface area (Å²) in [6.45, 7) is 4.18. The summed E-state index contributed by atoms with van der Waals surface area (Å²) in [6.07, 6.45) is 5.48. The summed E-state index contributed by atoms with van der Waals surface area (Å²) >= 11 is 0. The molecule has 0 fully saturated rings. The highest BCUT2D eigenvalue weighted by atomic mass is 32.2. The lowest BCUT2D eigenvalue weighted by Crippen LogP contribution is -2.38. The van der Waals surface area contributed by atoms with Gasteiger partial charge in [0.1, 0.15) is 5.75 Å². The molecule has 0 aromatic heterocycles. The highest BCUT2D eigenvalue weighted by Crippen LogP contribution is 2.15. The van der Waals surface area contributed by atoms with Gasteiger partial charge in [-0.25, -0.2) is 17.9 Å². The molecular formula is C20H30N2O6S. The molecule has 1 aromatic rings. The van der Waals surface area contributed by atoms with Crippen LogP contribution in [0.1, 0.15) is 57.9 Å². The van der Waals surface area contributed by atoms with E-state index in [1.807, 2.05) is 18.6 Å². The fourth-order valence-corrected chi connectivity index (χ4v) is 3.17. The van der Waals surface area contributed by atoms with Gasteiger partial charge in [-0.1, -0.05) is 31.4 Å². The number of carbonyl (C=O) groups is 2. The summed E-state index contributed by atoms with van der Waals surface area (Å²) in [6, 6.07) is 6.16. The second-order valence-electron chi connectivity index (χ2n) is 6.85. The Morgan fingerprint density at radius 2 is 1.69 bits per heavy atom. The topological polar surface area (TPSA) is 122 Å². The van der Waals surface area contributed by atoms with Gasteiger partial charge in [0.05, 0.1) is 11.5 Å². The van der Waals surface area contributed by atoms with Crippen LogP contribution >= 0.6 is 0 Å². The van der Waals surface area contributed by atoms with Crippen molar-refractivity contribution in [1.29, 1.82) is 0 Å². The van der Waals surface area contributed by atoms with Crippen LogP contribution in [0.4, 0.5) is 4.79 Å². The van der Waals surface area contributed by atoms with Crippen LogP contribution in [0.2, 0.25) is 0 Å². The van der Waals surface area contributed by atoms with Crippen LogP contribution in [0.5, 0.6) is 5.75 Å². The zero-order valence-electron chi connectivity index (χ0n) is 16.9. The Labute approximate surface area is 172 Å². The largest absolute Gasteiger partial charge is 0.491 e. The van der Waals surface area contributed by atoms with Gasteiger partial charge in [0.15, 0.2) is 0 Å². The minimum atomic E-state index is -3.90. The molecule has 0 radical (unpaired) electrons. The van der Waals surface area contributed by atoms with E-state index in [0.717, 1.165) is 24.7 Å². The lowest BCUT2D eigenvalue weighted by Gasteiger charge is -2.09. The summed E-state index contributed by atoms with van der Waals surface area (Å²) in [5, 5.41) is 12.0. The van der Waals surface area contributed by atoms with Crippen molar-refractivity contribution in [2.75, 3.05) is 6.54 Å². The SMILES string of the molecule is CC(C)Oc1ccc(/C=C/S(=O)(=O)NC(=O)NCCCCCCCC(=O)O)cc1. The van der Waals surface area contributed by atoms with Gasteiger partial charge in [0.2, 0.25) is 0 Å². The summed E-state index contributed by atoms with van der Waals surface area (Å²) in [7, 11) is -3.90. The Hall–Kier alpha value is -2.55. The van der Waals surface area contributed by atoms with Gasteiger partial charge in [-0.15, -0.1) is 0 Å². The van der Waals surface area contributed by atoms with Crippen molar-refractivity contribution in [3.8, 4) is 5.75 Å². The number of carboxylic acid groups (broad SMARTS) is 1. The third-order valence-corrected chi connectivity index (χ3v) is 4.74. The van der Waals surface area contributed by atoms with Crippen molar-refractivity contribution in [2.24, 2.45) is 0 Å². The lowest BCUT2D eigenvalue weighted by atomic mass is 10.1. The van der Waals surface area contributed by atoms with Crippen LogP contribution in [0.25, 0.3) is 6.08 Å². The number of urea groups is 1. The molecule has 0 saturated heterocycles. The molecule has 29 heavy (non-hydrogen) atoms. The molecule has 0 aliphatic heterocycles. The molecule has 0 unspecified atom stereocenters. The highest BCUT2D eigenvalue weighted by Gasteiger charge is 2.10. The first kappa shape index (κ1) is 24.5. The summed E-state index contributed by atoms with van der Waals surface area (Å²) < 4.78 is 31.4. The minimum Gasteiger partial charge on any atom is -0.491 e. The Morgan fingerprint density at radius 3 is 2.31 bits per heavy atom. The molecular weight excluding hydrogens is 396 g/mol. The second-order valence-corrected chi connectivity index (χ2v) is 8.42. The molecule has 162 valence electrons. The number of amides is 2. The van der Waals surface area contributed by atoms with E-state index in [1.165, 1.54) is 6.08 Å². The van der Waals surface area contributed by atoms with Crippen molar-refractivity contribution in [2.45, 2.75) is 58.5 Å². The van der Waals surface area contributed by atoms with Crippen LogP contribution in [0, 0.1) is 0 Å². The molecule has 0 spiro atoms. The Morgan fingerprint density at radius 1 is 1.07 bits per heavy atom. The van der Waals surface area contributed by atoms with Crippen LogP contribution in [0.3, 0.4) is 0 Å². The number of hydrogen-bond donors (Lipinski definition) is 3. The number of benzene rings is 1. The number of carbonyl (C=O) groups excluding carboxylic acids is 1. The molecule has 0 bridgehead atoms. The maximum absolute atomic E-state index is 12.0. The number of carboxylic acids is 1. The van der Waals surface area contributed by atoms with Gasteiger partial charge >= 0.3 is 12.0 Å². The van der Waals surface area contributed by atoms with E-state index in [2.05, 4.69) is 5.32 Å². The maximum atomic E-state index is 12.0. The van der Waals surface area contributed by atoms with E-state index >= 15 is 0 Å². The average molecular weight is 427 g/mol. The maximum Gasteiger partial charge on any atom is 0.328 e. The fourth-order valence-electron chi connectivity index (χ4n) is 2.43. The summed E-state index contributed by atoms with van der Waals surface area (Å²) in [4.78, 5) is 22.1. The molecule has 0 aliphatic rings. The first-order chi connectivity index (χ1) is 13.7. The van der Waals surface area contributed by atoms with E-state index in [0.29, 0.717) is 30.7 Å².